The molecule has 8 heteroatoms. The van der Waals surface area contributed by atoms with Crippen molar-refractivity contribution in [2.45, 2.75) is 26.3 Å². The third-order valence-corrected chi connectivity index (χ3v) is 6.12. The lowest BCUT2D eigenvalue weighted by molar-refractivity contribution is 0.102. The molecule has 2 aromatic rings. The van der Waals surface area contributed by atoms with Crippen molar-refractivity contribution in [3.05, 3.63) is 47.9 Å². The second-order valence-electron chi connectivity index (χ2n) is 6.32. The van der Waals surface area contributed by atoms with Crippen molar-refractivity contribution in [1.82, 2.24) is 9.97 Å². The highest BCUT2D eigenvalue weighted by molar-refractivity contribution is 7.91. The van der Waals surface area contributed by atoms with Crippen molar-refractivity contribution >= 4 is 27.2 Å². The molecular weight excluding hydrogens is 352 g/mol. The molecule has 1 aromatic heterocycles. The van der Waals surface area contributed by atoms with Gasteiger partial charge in [0, 0.05) is 24.3 Å². The van der Waals surface area contributed by atoms with Crippen LogP contribution in [0.5, 0.6) is 0 Å². The van der Waals surface area contributed by atoms with Crippen LogP contribution in [0.15, 0.2) is 36.4 Å². The Hall–Kier alpha value is -2.48. The number of benzene rings is 1. The Morgan fingerprint density at radius 1 is 1.27 bits per heavy atom. The third-order valence-electron chi connectivity index (χ3n) is 4.37. The highest BCUT2D eigenvalue weighted by Crippen LogP contribution is 2.23. The summed E-state index contributed by atoms with van der Waals surface area (Å²) in [5.74, 6) is 1.05. The van der Waals surface area contributed by atoms with Gasteiger partial charge in [-0.25, -0.2) is 18.4 Å². The van der Waals surface area contributed by atoms with Gasteiger partial charge in [0.1, 0.15) is 17.3 Å². The van der Waals surface area contributed by atoms with Gasteiger partial charge in [0.05, 0.1) is 11.5 Å². The fourth-order valence-electron chi connectivity index (χ4n) is 3.16. The molecule has 0 saturated carbocycles. The van der Waals surface area contributed by atoms with Crippen LogP contribution in [-0.2, 0) is 9.84 Å². The first-order chi connectivity index (χ1) is 12.4. The molecule has 138 valence electrons. The number of carbonyl (C=O) groups is 1. The minimum absolute atomic E-state index is 0.120. The van der Waals surface area contributed by atoms with Gasteiger partial charge in [-0.2, -0.15) is 0 Å². The minimum Gasteiger partial charge on any atom is -0.353 e. The average Bonchev–Trinajstić information content (AvgIpc) is 2.95. The van der Waals surface area contributed by atoms with Crippen molar-refractivity contribution in [2.75, 3.05) is 28.3 Å². The minimum atomic E-state index is -3.00. The molecule has 1 unspecified atom stereocenters. The first-order valence-electron chi connectivity index (χ1n) is 8.57. The molecule has 2 heterocycles. The largest absolute Gasteiger partial charge is 0.353 e. The van der Waals surface area contributed by atoms with Gasteiger partial charge in [0.15, 0.2) is 9.84 Å². The fraction of sp³-hybridized carbons (Fsp3) is 0.389. The van der Waals surface area contributed by atoms with Crippen LogP contribution < -0.4 is 10.2 Å². The predicted molar refractivity (Wildman–Crippen MR) is 101 cm³/mol. The summed E-state index contributed by atoms with van der Waals surface area (Å²) in [5.41, 5.74) is 0.945. The van der Waals surface area contributed by atoms with Crippen molar-refractivity contribution in [2.24, 2.45) is 0 Å². The highest BCUT2D eigenvalue weighted by atomic mass is 32.2. The maximum atomic E-state index is 12.5. The number of amides is 1. The summed E-state index contributed by atoms with van der Waals surface area (Å²) in [4.78, 5) is 23.1. The Bertz CT molecular complexity index is 900. The van der Waals surface area contributed by atoms with E-state index in [2.05, 4.69) is 15.3 Å². The second-order valence-corrected chi connectivity index (χ2v) is 8.55. The quantitative estimate of drug-likeness (QED) is 0.861. The normalized spacial score (nSPS) is 18.5. The summed E-state index contributed by atoms with van der Waals surface area (Å²) < 4.78 is 23.6. The number of hydrogen-bond donors (Lipinski definition) is 1. The van der Waals surface area contributed by atoms with E-state index in [-0.39, 0.29) is 29.1 Å². The monoisotopic (exact) mass is 374 g/mol. The van der Waals surface area contributed by atoms with Crippen LogP contribution in [0, 0.1) is 6.92 Å². The smallest absolute Gasteiger partial charge is 0.274 e. The van der Waals surface area contributed by atoms with Crippen LogP contribution >= 0.6 is 0 Å². The van der Waals surface area contributed by atoms with E-state index >= 15 is 0 Å². The number of aryl methyl sites for hydroxylation is 1. The second kappa shape index (κ2) is 7.41. The van der Waals surface area contributed by atoms with Gasteiger partial charge in [-0.3, -0.25) is 4.79 Å². The Balaban J connectivity index is 1.85. The average molecular weight is 374 g/mol. The molecule has 1 N–H and O–H groups in total. The summed E-state index contributed by atoms with van der Waals surface area (Å²) in [7, 11) is -3.00. The molecule has 1 aliphatic rings. The van der Waals surface area contributed by atoms with Crippen molar-refractivity contribution in [3.63, 3.8) is 0 Å². The van der Waals surface area contributed by atoms with E-state index in [1.54, 1.807) is 25.1 Å². The van der Waals surface area contributed by atoms with Gasteiger partial charge in [-0.05, 0) is 32.4 Å². The van der Waals surface area contributed by atoms with Crippen LogP contribution in [0.4, 0.5) is 11.5 Å². The molecule has 0 spiro atoms. The molecule has 1 fully saturated rings. The summed E-state index contributed by atoms with van der Waals surface area (Å²) in [6.07, 6.45) is 0.574. The highest BCUT2D eigenvalue weighted by Gasteiger charge is 2.32. The Morgan fingerprint density at radius 2 is 2.00 bits per heavy atom. The van der Waals surface area contributed by atoms with Crippen LogP contribution in [0.1, 0.15) is 29.7 Å². The maximum Gasteiger partial charge on any atom is 0.274 e. The summed E-state index contributed by atoms with van der Waals surface area (Å²) >= 11 is 0. The van der Waals surface area contributed by atoms with Crippen LogP contribution in [0.3, 0.4) is 0 Å². The number of anilines is 2. The molecule has 0 aliphatic carbocycles. The zero-order valence-electron chi connectivity index (χ0n) is 14.8. The molecule has 3 rings (SSSR count). The molecule has 1 amide bonds. The molecule has 26 heavy (non-hydrogen) atoms. The van der Waals surface area contributed by atoms with Gasteiger partial charge in [0.2, 0.25) is 0 Å². The van der Waals surface area contributed by atoms with Gasteiger partial charge in [0.25, 0.3) is 5.91 Å². The molecule has 1 aromatic carbocycles. The molecule has 7 nitrogen and oxygen atoms in total. The third kappa shape index (κ3) is 4.19. The number of nitrogens with one attached hydrogen (secondary N) is 1. The van der Waals surface area contributed by atoms with E-state index in [0.29, 0.717) is 30.3 Å². The molecule has 1 aliphatic heterocycles. The van der Waals surface area contributed by atoms with Crippen molar-refractivity contribution in [1.29, 1.82) is 0 Å². The summed E-state index contributed by atoms with van der Waals surface area (Å²) in [6, 6.07) is 10.7. The molecule has 1 atom stereocenters. The number of hydrogen-bond acceptors (Lipinski definition) is 6. The van der Waals surface area contributed by atoms with Gasteiger partial charge < -0.3 is 10.2 Å². The molecule has 1 saturated heterocycles. The number of sulfone groups is 1. The maximum absolute atomic E-state index is 12.5. The topological polar surface area (TPSA) is 92.3 Å². The number of rotatable bonds is 5. The van der Waals surface area contributed by atoms with Crippen LogP contribution in [-0.4, -0.2) is 48.4 Å². The SMILES string of the molecule is CCN(c1cc(C(=O)Nc2ccccc2)nc(C)n1)C1CCS(=O)(=O)C1. The Kier molecular flexibility index (Phi) is 5.22. The Labute approximate surface area is 153 Å². The number of aromatic nitrogens is 2. The number of nitrogens with zero attached hydrogens (tertiary/aromatic N) is 3. The zero-order valence-corrected chi connectivity index (χ0v) is 15.7. The first-order valence-corrected chi connectivity index (χ1v) is 10.4. The molecule has 0 radical (unpaired) electrons. The zero-order chi connectivity index (χ0) is 18.7. The molecular formula is C18H22N4O3S. The summed E-state index contributed by atoms with van der Waals surface area (Å²) in [5, 5.41) is 2.81. The van der Waals surface area contributed by atoms with E-state index in [1.165, 1.54) is 0 Å². The van der Waals surface area contributed by atoms with E-state index in [0.717, 1.165) is 0 Å². The number of para-hydroxylation sites is 1. The van der Waals surface area contributed by atoms with E-state index in [4.69, 9.17) is 0 Å². The van der Waals surface area contributed by atoms with E-state index < -0.39 is 9.84 Å². The first kappa shape index (κ1) is 18.3. The lowest BCUT2D eigenvalue weighted by Gasteiger charge is -2.28. The van der Waals surface area contributed by atoms with E-state index in [9.17, 15) is 13.2 Å². The summed E-state index contributed by atoms with van der Waals surface area (Å²) in [6.45, 7) is 4.28. The van der Waals surface area contributed by atoms with E-state index in [1.807, 2.05) is 30.0 Å². The van der Waals surface area contributed by atoms with Crippen LogP contribution in [0.25, 0.3) is 0 Å². The molecule has 0 bridgehead atoms. The van der Waals surface area contributed by atoms with Gasteiger partial charge >= 0.3 is 0 Å². The lowest BCUT2D eigenvalue weighted by atomic mass is 10.2. The fourth-order valence-corrected chi connectivity index (χ4v) is 4.89. The van der Waals surface area contributed by atoms with Crippen molar-refractivity contribution in [3.8, 4) is 0 Å². The van der Waals surface area contributed by atoms with Gasteiger partial charge in [-0.1, -0.05) is 18.2 Å². The predicted octanol–water partition coefficient (Wildman–Crippen LogP) is 2.05. The van der Waals surface area contributed by atoms with Gasteiger partial charge in [-0.15, -0.1) is 0 Å². The lowest BCUT2D eigenvalue weighted by Crippen LogP contribution is -2.37. The standard InChI is InChI=1S/C18H22N4O3S/c1-3-22(15-9-10-26(24,25)12-15)17-11-16(19-13(2)20-17)18(23)21-14-7-5-4-6-8-14/h4-8,11,15H,3,9-10,12H2,1-2H3,(H,21,23). The van der Waals surface area contributed by atoms with Crippen LogP contribution in [0.2, 0.25) is 0 Å². The number of carbonyl (C=O) groups excluding carboxylic acids is 1. The van der Waals surface area contributed by atoms with Crippen molar-refractivity contribution < 1.29 is 13.2 Å². The Morgan fingerprint density at radius 3 is 2.62 bits per heavy atom.